The first kappa shape index (κ1) is 17.1. The van der Waals surface area contributed by atoms with Gasteiger partial charge in [0.25, 0.3) is 5.91 Å². The van der Waals surface area contributed by atoms with Crippen molar-refractivity contribution in [1.82, 2.24) is 15.5 Å². The Hall–Kier alpha value is -3.35. The monoisotopic (exact) mass is 365 g/mol. The van der Waals surface area contributed by atoms with Crippen LogP contribution in [0.1, 0.15) is 30.5 Å². The van der Waals surface area contributed by atoms with Gasteiger partial charge in [-0.15, -0.1) is 0 Å². The molecule has 0 radical (unpaired) electrons. The van der Waals surface area contributed by atoms with Crippen LogP contribution in [0.4, 0.5) is 0 Å². The minimum atomic E-state index is -0.259. The van der Waals surface area contributed by atoms with Crippen LogP contribution < -0.4 is 14.8 Å². The zero-order chi connectivity index (χ0) is 18.5. The second-order valence-electron chi connectivity index (χ2n) is 6.27. The first-order valence-corrected chi connectivity index (χ1v) is 8.81. The van der Waals surface area contributed by atoms with Crippen LogP contribution in [0.2, 0.25) is 0 Å². The Morgan fingerprint density at radius 1 is 1.04 bits per heavy atom. The van der Waals surface area contributed by atoms with Crippen molar-refractivity contribution in [2.75, 3.05) is 6.61 Å². The fourth-order valence-electron chi connectivity index (χ4n) is 2.45. The molecule has 1 heterocycles. The number of carbonyl (C=O) groups is 1. The minimum Gasteiger partial charge on any atom is -0.484 e. The molecule has 27 heavy (non-hydrogen) atoms. The van der Waals surface area contributed by atoms with Gasteiger partial charge in [-0.1, -0.05) is 23.4 Å². The maximum Gasteiger partial charge on any atom is 0.258 e. The lowest BCUT2D eigenvalue weighted by Gasteiger charge is -2.08. The van der Waals surface area contributed by atoms with Gasteiger partial charge in [-0.25, -0.2) is 0 Å². The molecule has 7 nitrogen and oxygen atoms in total. The molecule has 138 valence electrons. The summed E-state index contributed by atoms with van der Waals surface area (Å²) in [6.45, 7) is 0.105. The first-order chi connectivity index (χ1) is 13.3. The smallest absolute Gasteiger partial charge is 0.258 e. The molecule has 4 rings (SSSR count). The molecular weight excluding hydrogens is 346 g/mol. The summed E-state index contributed by atoms with van der Waals surface area (Å²) in [5, 5.41) is 6.61. The van der Waals surface area contributed by atoms with Crippen molar-refractivity contribution in [3.63, 3.8) is 0 Å². The fraction of sp³-hybridized carbons (Fsp3) is 0.250. The molecule has 1 aliphatic rings. The van der Waals surface area contributed by atoms with Crippen LogP contribution >= 0.6 is 0 Å². The Balaban J connectivity index is 1.21. The van der Waals surface area contributed by atoms with E-state index in [0.29, 0.717) is 23.3 Å². The van der Waals surface area contributed by atoms with Crippen molar-refractivity contribution in [3.8, 4) is 17.2 Å². The summed E-state index contributed by atoms with van der Waals surface area (Å²) < 4.78 is 16.3. The molecule has 3 aromatic rings. The molecule has 0 unspecified atom stereocenters. The number of benzene rings is 2. The van der Waals surface area contributed by atoms with Crippen LogP contribution in [-0.4, -0.2) is 22.7 Å². The summed E-state index contributed by atoms with van der Waals surface area (Å²) in [4.78, 5) is 16.2. The van der Waals surface area contributed by atoms with Gasteiger partial charge in [-0.05, 0) is 49.2 Å². The van der Waals surface area contributed by atoms with E-state index in [1.807, 2.05) is 30.3 Å². The number of hydrogen-bond acceptors (Lipinski definition) is 6. The van der Waals surface area contributed by atoms with Gasteiger partial charge >= 0.3 is 0 Å². The predicted octanol–water partition coefficient (Wildman–Crippen LogP) is 3.43. The molecular formula is C20H19N3O4. The minimum absolute atomic E-state index is 0.0947. The molecule has 1 fully saturated rings. The Morgan fingerprint density at radius 3 is 2.48 bits per heavy atom. The van der Waals surface area contributed by atoms with Crippen LogP contribution in [0, 0.1) is 0 Å². The van der Waals surface area contributed by atoms with E-state index >= 15 is 0 Å². The topological polar surface area (TPSA) is 86.5 Å². The van der Waals surface area contributed by atoms with Crippen LogP contribution in [-0.2, 0) is 11.3 Å². The zero-order valence-electron chi connectivity index (χ0n) is 14.6. The first-order valence-electron chi connectivity index (χ1n) is 8.81. The van der Waals surface area contributed by atoms with Crippen molar-refractivity contribution in [2.45, 2.75) is 25.3 Å². The van der Waals surface area contributed by atoms with Gasteiger partial charge in [-0.2, -0.15) is 4.98 Å². The lowest BCUT2D eigenvalue weighted by Crippen LogP contribution is -2.28. The number of rotatable bonds is 8. The Labute approximate surface area is 156 Å². The quantitative estimate of drug-likeness (QED) is 0.658. The van der Waals surface area contributed by atoms with Crippen LogP contribution in [0.25, 0.3) is 0 Å². The van der Waals surface area contributed by atoms with Gasteiger partial charge in [0, 0.05) is 5.92 Å². The average Bonchev–Trinajstić information content (AvgIpc) is 3.45. The van der Waals surface area contributed by atoms with Gasteiger partial charge in [-0.3, -0.25) is 4.79 Å². The molecule has 2 aromatic carbocycles. The Bertz CT molecular complexity index is 889. The van der Waals surface area contributed by atoms with E-state index < -0.39 is 0 Å². The summed E-state index contributed by atoms with van der Waals surface area (Å²) in [6.07, 6.45) is 2.21. The second-order valence-corrected chi connectivity index (χ2v) is 6.27. The van der Waals surface area contributed by atoms with E-state index in [9.17, 15) is 4.79 Å². The molecule has 0 bridgehead atoms. The number of amides is 1. The normalized spacial score (nSPS) is 13.2. The van der Waals surface area contributed by atoms with Crippen LogP contribution in [0.5, 0.6) is 17.2 Å². The van der Waals surface area contributed by atoms with Crippen molar-refractivity contribution in [3.05, 3.63) is 66.3 Å². The van der Waals surface area contributed by atoms with E-state index in [4.69, 9.17) is 14.0 Å². The van der Waals surface area contributed by atoms with Gasteiger partial charge in [0.1, 0.15) is 17.2 Å². The van der Waals surface area contributed by atoms with E-state index in [-0.39, 0.29) is 19.1 Å². The molecule has 1 amide bonds. The lowest BCUT2D eigenvalue weighted by molar-refractivity contribution is -0.123. The number of carbonyl (C=O) groups excluding carboxylic acids is 1. The van der Waals surface area contributed by atoms with Gasteiger partial charge in [0.05, 0.1) is 6.54 Å². The van der Waals surface area contributed by atoms with Gasteiger partial charge < -0.3 is 19.3 Å². The lowest BCUT2D eigenvalue weighted by atomic mass is 10.3. The van der Waals surface area contributed by atoms with Crippen molar-refractivity contribution < 1.29 is 18.8 Å². The van der Waals surface area contributed by atoms with Crippen LogP contribution in [0.3, 0.4) is 0 Å². The maximum atomic E-state index is 11.9. The van der Waals surface area contributed by atoms with E-state index in [2.05, 4.69) is 15.5 Å². The third-order valence-corrected chi connectivity index (χ3v) is 4.04. The molecule has 0 spiro atoms. The average molecular weight is 365 g/mol. The largest absolute Gasteiger partial charge is 0.484 e. The molecule has 1 N–H and O–H groups in total. The molecule has 0 aliphatic heterocycles. The standard InChI is InChI=1S/C20H19N3O4/c24-18(21-12-19-22-20(23-27-19)14-6-7-14)13-25-15-8-10-17(11-9-15)26-16-4-2-1-3-5-16/h1-5,8-11,14H,6-7,12-13H2,(H,21,24). The SMILES string of the molecule is O=C(COc1ccc(Oc2ccccc2)cc1)NCc1nc(C2CC2)no1. The second kappa shape index (κ2) is 7.90. The van der Waals surface area contributed by atoms with Gasteiger partial charge in [0.15, 0.2) is 12.4 Å². The maximum absolute atomic E-state index is 11.9. The summed E-state index contributed by atoms with van der Waals surface area (Å²) in [5.41, 5.74) is 0. The van der Waals surface area contributed by atoms with Crippen molar-refractivity contribution >= 4 is 5.91 Å². The molecule has 1 aromatic heterocycles. The number of hydrogen-bond donors (Lipinski definition) is 1. The Morgan fingerprint density at radius 2 is 1.74 bits per heavy atom. The molecule has 0 atom stereocenters. The predicted molar refractivity (Wildman–Crippen MR) is 96.6 cm³/mol. The highest BCUT2D eigenvalue weighted by atomic mass is 16.5. The summed E-state index contributed by atoms with van der Waals surface area (Å²) in [7, 11) is 0. The highest BCUT2D eigenvalue weighted by Crippen LogP contribution is 2.38. The highest BCUT2D eigenvalue weighted by Gasteiger charge is 2.28. The Kier molecular flexibility index (Phi) is 5.00. The summed E-state index contributed by atoms with van der Waals surface area (Å²) in [5.74, 6) is 3.35. The fourth-order valence-corrected chi connectivity index (χ4v) is 2.45. The van der Waals surface area contributed by atoms with E-state index in [0.717, 1.165) is 24.4 Å². The third-order valence-electron chi connectivity index (χ3n) is 4.04. The summed E-state index contributed by atoms with van der Waals surface area (Å²) in [6, 6.07) is 16.6. The number of nitrogens with zero attached hydrogens (tertiary/aromatic N) is 2. The van der Waals surface area contributed by atoms with Crippen LogP contribution in [0.15, 0.2) is 59.1 Å². The number of ether oxygens (including phenoxy) is 2. The summed E-state index contributed by atoms with van der Waals surface area (Å²) >= 11 is 0. The molecule has 7 heteroatoms. The molecule has 1 saturated carbocycles. The number of aromatic nitrogens is 2. The number of nitrogens with one attached hydrogen (secondary N) is 1. The van der Waals surface area contributed by atoms with Crippen molar-refractivity contribution in [2.24, 2.45) is 0 Å². The van der Waals surface area contributed by atoms with E-state index in [1.54, 1.807) is 24.3 Å². The van der Waals surface area contributed by atoms with Crippen molar-refractivity contribution in [1.29, 1.82) is 0 Å². The number of para-hydroxylation sites is 1. The highest BCUT2D eigenvalue weighted by molar-refractivity contribution is 5.77. The van der Waals surface area contributed by atoms with Gasteiger partial charge in [0.2, 0.25) is 5.89 Å². The molecule has 1 aliphatic carbocycles. The van der Waals surface area contributed by atoms with E-state index in [1.165, 1.54) is 0 Å². The molecule has 0 saturated heterocycles. The zero-order valence-corrected chi connectivity index (χ0v) is 14.6. The third kappa shape index (κ3) is 4.84.